The van der Waals surface area contributed by atoms with Gasteiger partial charge in [-0.25, -0.2) is 19.2 Å². The van der Waals surface area contributed by atoms with Gasteiger partial charge in [-0.15, -0.1) is 0 Å². The van der Waals surface area contributed by atoms with Crippen LogP contribution in [-0.4, -0.2) is 46.3 Å². The molecule has 8 heteroatoms. The van der Waals surface area contributed by atoms with Gasteiger partial charge in [0.15, 0.2) is 0 Å². The van der Waals surface area contributed by atoms with E-state index in [2.05, 4.69) is 6.58 Å². The standard InChI is InChI=1S/C19H22O8/c1-5-19(4,27-17(24)11(2)3)8-9-26-18(25)12-6-7-13(15(20)21)14(10-12)16(22)23/h6-7,10H,2,5,8-9H2,1,3-4H3,(H,20,21)(H,22,23). The van der Waals surface area contributed by atoms with Crippen molar-refractivity contribution < 1.29 is 38.9 Å². The molecule has 27 heavy (non-hydrogen) atoms. The fourth-order valence-electron chi connectivity index (χ4n) is 2.09. The summed E-state index contributed by atoms with van der Waals surface area (Å²) in [6, 6.07) is 3.17. The first-order chi connectivity index (χ1) is 12.5. The third-order valence-corrected chi connectivity index (χ3v) is 4.02. The Morgan fingerprint density at radius 3 is 2.19 bits per heavy atom. The summed E-state index contributed by atoms with van der Waals surface area (Å²) in [6.07, 6.45) is 0.716. The van der Waals surface area contributed by atoms with E-state index >= 15 is 0 Å². The molecule has 0 fully saturated rings. The molecular weight excluding hydrogens is 356 g/mol. The summed E-state index contributed by atoms with van der Waals surface area (Å²) in [5.74, 6) is -4.22. The van der Waals surface area contributed by atoms with Gasteiger partial charge in [0.2, 0.25) is 0 Å². The zero-order chi connectivity index (χ0) is 20.8. The Bertz CT molecular complexity index is 780. The van der Waals surface area contributed by atoms with Crippen molar-refractivity contribution in [3.8, 4) is 0 Å². The molecule has 0 radical (unpaired) electrons. The van der Waals surface area contributed by atoms with E-state index in [0.29, 0.717) is 6.42 Å². The second-order valence-corrected chi connectivity index (χ2v) is 6.23. The van der Waals surface area contributed by atoms with E-state index in [9.17, 15) is 19.2 Å². The number of carboxylic acids is 2. The van der Waals surface area contributed by atoms with Crippen LogP contribution in [0.1, 0.15) is 64.7 Å². The summed E-state index contributed by atoms with van der Waals surface area (Å²) >= 11 is 0. The van der Waals surface area contributed by atoms with Crippen LogP contribution in [-0.2, 0) is 14.3 Å². The van der Waals surface area contributed by atoms with E-state index < -0.39 is 40.6 Å². The van der Waals surface area contributed by atoms with Gasteiger partial charge in [0, 0.05) is 12.0 Å². The Morgan fingerprint density at radius 2 is 1.70 bits per heavy atom. The summed E-state index contributed by atoms with van der Waals surface area (Å²) in [5, 5.41) is 18.1. The number of carboxylic acid groups (broad SMARTS) is 2. The third-order valence-electron chi connectivity index (χ3n) is 4.02. The monoisotopic (exact) mass is 378 g/mol. The number of hydrogen-bond acceptors (Lipinski definition) is 6. The first kappa shape index (κ1) is 21.9. The Morgan fingerprint density at radius 1 is 1.11 bits per heavy atom. The minimum Gasteiger partial charge on any atom is -0.478 e. The molecule has 0 aliphatic carbocycles. The average molecular weight is 378 g/mol. The molecule has 1 aromatic rings. The Hall–Kier alpha value is -3.16. The van der Waals surface area contributed by atoms with E-state index in [0.717, 1.165) is 12.1 Å². The molecule has 0 spiro atoms. The maximum Gasteiger partial charge on any atom is 0.338 e. The second-order valence-electron chi connectivity index (χ2n) is 6.23. The van der Waals surface area contributed by atoms with Crippen molar-refractivity contribution in [2.45, 2.75) is 39.2 Å². The van der Waals surface area contributed by atoms with Crippen LogP contribution < -0.4 is 0 Å². The lowest BCUT2D eigenvalue weighted by Crippen LogP contribution is -2.33. The van der Waals surface area contributed by atoms with Crippen molar-refractivity contribution in [3.63, 3.8) is 0 Å². The molecule has 8 nitrogen and oxygen atoms in total. The van der Waals surface area contributed by atoms with Gasteiger partial charge < -0.3 is 19.7 Å². The Balaban J connectivity index is 2.81. The van der Waals surface area contributed by atoms with Crippen LogP contribution in [0.3, 0.4) is 0 Å². The molecule has 146 valence electrons. The number of carbonyl (C=O) groups excluding carboxylic acids is 2. The lowest BCUT2D eigenvalue weighted by molar-refractivity contribution is -0.154. The smallest absolute Gasteiger partial charge is 0.338 e. The van der Waals surface area contributed by atoms with Crippen LogP contribution in [0.15, 0.2) is 30.4 Å². The average Bonchev–Trinajstić information content (AvgIpc) is 2.60. The van der Waals surface area contributed by atoms with E-state index in [1.54, 1.807) is 6.92 Å². The molecule has 0 aromatic heterocycles. The molecule has 0 amide bonds. The fraction of sp³-hybridized carbons (Fsp3) is 0.368. The van der Waals surface area contributed by atoms with Crippen LogP contribution in [0.25, 0.3) is 0 Å². The van der Waals surface area contributed by atoms with Crippen molar-refractivity contribution in [3.05, 3.63) is 47.0 Å². The normalized spacial score (nSPS) is 12.6. The number of rotatable bonds is 9. The molecule has 0 saturated heterocycles. The largest absolute Gasteiger partial charge is 0.478 e. The predicted molar refractivity (Wildman–Crippen MR) is 94.9 cm³/mol. The van der Waals surface area contributed by atoms with Crippen molar-refractivity contribution in [1.29, 1.82) is 0 Å². The lowest BCUT2D eigenvalue weighted by Gasteiger charge is -2.28. The SMILES string of the molecule is C=C(C)C(=O)OC(C)(CC)CCOC(=O)c1ccc(C(=O)O)c(C(=O)O)c1. The van der Waals surface area contributed by atoms with Crippen LogP contribution in [0.5, 0.6) is 0 Å². The summed E-state index contributed by atoms with van der Waals surface area (Å²) in [4.78, 5) is 46.0. The summed E-state index contributed by atoms with van der Waals surface area (Å²) in [7, 11) is 0. The molecule has 1 rings (SSSR count). The molecule has 0 aliphatic heterocycles. The molecule has 0 bridgehead atoms. The quantitative estimate of drug-likeness (QED) is 0.496. The number of esters is 2. The highest BCUT2D eigenvalue weighted by molar-refractivity contribution is 6.03. The van der Waals surface area contributed by atoms with Crippen molar-refractivity contribution >= 4 is 23.9 Å². The van der Waals surface area contributed by atoms with Crippen LogP contribution in [0.4, 0.5) is 0 Å². The first-order valence-corrected chi connectivity index (χ1v) is 8.17. The molecule has 0 heterocycles. The van der Waals surface area contributed by atoms with E-state index in [1.165, 1.54) is 13.0 Å². The Kier molecular flexibility index (Phi) is 7.27. The maximum absolute atomic E-state index is 12.1. The van der Waals surface area contributed by atoms with Gasteiger partial charge in [-0.2, -0.15) is 0 Å². The molecular formula is C19H22O8. The van der Waals surface area contributed by atoms with Gasteiger partial charge in [0.25, 0.3) is 0 Å². The number of aromatic carboxylic acids is 2. The van der Waals surface area contributed by atoms with Crippen LogP contribution >= 0.6 is 0 Å². The predicted octanol–water partition coefficient (Wildman–Crippen LogP) is 2.92. The highest BCUT2D eigenvalue weighted by Crippen LogP contribution is 2.22. The summed E-state index contributed by atoms with van der Waals surface area (Å²) < 4.78 is 10.5. The molecule has 2 N–H and O–H groups in total. The van der Waals surface area contributed by atoms with Gasteiger partial charge in [0.1, 0.15) is 5.60 Å². The van der Waals surface area contributed by atoms with Gasteiger partial charge >= 0.3 is 23.9 Å². The first-order valence-electron chi connectivity index (χ1n) is 8.17. The number of hydrogen-bond donors (Lipinski definition) is 2. The van der Waals surface area contributed by atoms with E-state index in [4.69, 9.17) is 19.7 Å². The van der Waals surface area contributed by atoms with Crippen molar-refractivity contribution in [2.75, 3.05) is 6.61 Å². The van der Waals surface area contributed by atoms with Gasteiger partial charge in [-0.05, 0) is 38.5 Å². The number of ether oxygens (including phenoxy) is 2. The highest BCUT2D eigenvalue weighted by Gasteiger charge is 2.28. The summed E-state index contributed by atoms with van der Waals surface area (Å²) in [5.41, 5.74) is -1.62. The molecule has 0 aliphatic rings. The second kappa shape index (κ2) is 8.98. The number of benzene rings is 1. The minimum absolute atomic E-state index is 0.0737. The molecule has 1 unspecified atom stereocenters. The van der Waals surface area contributed by atoms with E-state index in [1.807, 2.05) is 6.92 Å². The maximum atomic E-state index is 12.1. The molecule has 1 aromatic carbocycles. The fourth-order valence-corrected chi connectivity index (χ4v) is 2.09. The zero-order valence-electron chi connectivity index (χ0n) is 15.4. The topological polar surface area (TPSA) is 127 Å². The van der Waals surface area contributed by atoms with Gasteiger partial charge in [0.05, 0.1) is 23.3 Å². The number of carbonyl (C=O) groups is 4. The zero-order valence-corrected chi connectivity index (χ0v) is 15.4. The third kappa shape index (κ3) is 5.95. The minimum atomic E-state index is -1.47. The van der Waals surface area contributed by atoms with E-state index in [-0.39, 0.29) is 24.2 Å². The van der Waals surface area contributed by atoms with Gasteiger partial charge in [-0.1, -0.05) is 13.5 Å². The highest BCUT2D eigenvalue weighted by atomic mass is 16.6. The lowest BCUT2D eigenvalue weighted by atomic mass is 9.99. The van der Waals surface area contributed by atoms with Crippen LogP contribution in [0.2, 0.25) is 0 Å². The van der Waals surface area contributed by atoms with Crippen molar-refractivity contribution in [2.24, 2.45) is 0 Å². The van der Waals surface area contributed by atoms with Crippen LogP contribution in [0, 0.1) is 0 Å². The molecule has 1 atom stereocenters. The molecule has 0 saturated carbocycles. The Labute approximate surface area is 156 Å². The summed E-state index contributed by atoms with van der Waals surface area (Å²) in [6.45, 7) is 8.48. The van der Waals surface area contributed by atoms with Crippen molar-refractivity contribution in [1.82, 2.24) is 0 Å². The van der Waals surface area contributed by atoms with Gasteiger partial charge in [-0.3, -0.25) is 0 Å².